The zero-order valence-electron chi connectivity index (χ0n) is 9.60. The molecule has 0 unspecified atom stereocenters. The highest BCUT2D eigenvalue weighted by molar-refractivity contribution is 4.74. The number of aliphatic hydroxyl groups is 1. The highest BCUT2D eigenvalue weighted by Crippen LogP contribution is 2.17. The summed E-state index contributed by atoms with van der Waals surface area (Å²) in [7, 11) is 0. The summed E-state index contributed by atoms with van der Waals surface area (Å²) in [4.78, 5) is 4.02. The summed E-state index contributed by atoms with van der Waals surface area (Å²) in [5.74, 6) is 0.698. The van der Waals surface area contributed by atoms with Gasteiger partial charge in [-0.15, -0.1) is 0 Å². The molecule has 15 heavy (non-hydrogen) atoms. The Balaban J connectivity index is 2.15. The van der Waals surface area contributed by atoms with Crippen LogP contribution in [0.15, 0.2) is 18.7 Å². The van der Waals surface area contributed by atoms with Gasteiger partial charge in [0, 0.05) is 25.5 Å². The van der Waals surface area contributed by atoms with Gasteiger partial charge in [-0.2, -0.15) is 0 Å². The van der Waals surface area contributed by atoms with E-state index in [1.54, 1.807) is 0 Å². The summed E-state index contributed by atoms with van der Waals surface area (Å²) in [6.45, 7) is 3.58. The van der Waals surface area contributed by atoms with Gasteiger partial charge in [0.05, 0.1) is 6.33 Å². The Morgan fingerprint density at radius 2 is 2.20 bits per heavy atom. The summed E-state index contributed by atoms with van der Waals surface area (Å²) in [5, 5.41) is 8.93. The predicted molar refractivity (Wildman–Crippen MR) is 61.6 cm³/mol. The van der Waals surface area contributed by atoms with Crippen molar-refractivity contribution in [2.45, 2.75) is 45.6 Å². The lowest BCUT2D eigenvalue weighted by Gasteiger charge is -2.14. The van der Waals surface area contributed by atoms with Gasteiger partial charge in [0.15, 0.2) is 0 Å². The molecule has 0 bridgehead atoms. The number of rotatable bonds is 8. The van der Waals surface area contributed by atoms with Crippen LogP contribution in [0.2, 0.25) is 0 Å². The summed E-state index contributed by atoms with van der Waals surface area (Å²) >= 11 is 0. The van der Waals surface area contributed by atoms with Crippen molar-refractivity contribution in [2.75, 3.05) is 6.61 Å². The van der Waals surface area contributed by atoms with E-state index >= 15 is 0 Å². The van der Waals surface area contributed by atoms with Crippen molar-refractivity contribution < 1.29 is 5.11 Å². The molecular formula is C12H22N2O. The molecule has 3 nitrogen and oxygen atoms in total. The van der Waals surface area contributed by atoms with Gasteiger partial charge in [-0.25, -0.2) is 4.98 Å². The molecule has 0 radical (unpaired) electrons. The molecule has 1 aromatic heterocycles. The molecule has 0 aliphatic heterocycles. The van der Waals surface area contributed by atoms with Crippen LogP contribution in [0.1, 0.15) is 39.0 Å². The van der Waals surface area contributed by atoms with Crippen LogP contribution in [0.5, 0.6) is 0 Å². The Bertz CT molecular complexity index is 228. The van der Waals surface area contributed by atoms with Gasteiger partial charge in [0.2, 0.25) is 0 Å². The molecule has 86 valence electrons. The average Bonchev–Trinajstić information content (AvgIpc) is 2.71. The average molecular weight is 210 g/mol. The van der Waals surface area contributed by atoms with E-state index in [4.69, 9.17) is 5.11 Å². The number of hydrogen-bond acceptors (Lipinski definition) is 2. The third kappa shape index (κ3) is 4.98. The number of hydrogen-bond donors (Lipinski definition) is 1. The smallest absolute Gasteiger partial charge is 0.0945 e. The molecule has 0 saturated heterocycles. The third-order valence-corrected chi connectivity index (χ3v) is 2.82. The van der Waals surface area contributed by atoms with Crippen LogP contribution >= 0.6 is 0 Å². The van der Waals surface area contributed by atoms with E-state index in [-0.39, 0.29) is 0 Å². The number of aromatic nitrogens is 2. The van der Waals surface area contributed by atoms with Gasteiger partial charge < -0.3 is 9.67 Å². The Hall–Kier alpha value is -0.830. The van der Waals surface area contributed by atoms with Crippen molar-refractivity contribution in [1.29, 1.82) is 0 Å². The number of aryl methyl sites for hydroxylation is 1. The predicted octanol–water partition coefficient (Wildman–Crippen LogP) is 2.46. The third-order valence-electron chi connectivity index (χ3n) is 2.82. The molecule has 1 aromatic rings. The van der Waals surface area contributed by atoms with Gasteiger partial charge in [-0.05, 0) is 25.2 Å². The van der Waals surface area contributed by atoms with E-state index in [0.29, 0.717) is 12.5 Å². The molecule has 1 rings (SSSR count). The number of imidazole rings is 1. The molecule has 1 atom stereocenters. The van der Waals surface area contributed by atoms with Crippen LogP contribution < -0.4 is 0 Å². The minimum absolute atomic E-state index is 0.329. The van der Waals surface area contributed by atoms with E-state index in [1.165, 1.54) is 25.7 Å². The molecule has 0 aliphatic carbocycles. The normalized spacial score (nSPS) is 12.9. The van der Waals surface area contributed by atoms with Crippen molar-refractivity contribution in [1.82, 2.24) is 9.55 Å². The Morgan fingerprint density at radius 1 is 1.33 bits per heavy atom. The molecule has 0 amide bonds. The van der Waals surface area contributed by atoms with Crippen LogP contribution in [-0.4, -0.2) is 21.3 Å². The van der Waals surface area contributed by atoms with Crippen molar-refractivity contribution in [3.05, 3.63) is 18.7 Å². The molecule has 3 heteroatoms. The molecule has 0 saturated carbocycles. The molecule has 1 heterocycles. The Morgan fingerprint density at radius 3 is 2.80 bits per heavy atom. The summed E-state index contributed by atoms with van der Waals surface area (Å²) < 4.78 is 2.11. The lowest BCUT2D eigenvalue weighted by Crippen LogP contribution is -2.05. The monoisotopic (exact) mass is 210 g/mol. The second-order valence-electron chi connectivity index (χ2n) is 4.11. The van der Waals surface area contributed by atoms with Crippen molar-refractivity contribution in [3.63, 3.8) is 0 Å². The molecular weight excluding hydrogens is 188 g/mol. The topological polar surface area (TPSA) is 38.0 Å². The van der Waals surface area contributed by atoms with E-state index in [0.717, 1.165) is 13.0 Å². The summed E-state index contributed by atoms with van der Waals surface area (Å²) in [5.41, 5.74) is 0. The number of aliphatic hydroxyl groups excluding tert-OH is 1. The minimum Gasteiger partial charge on any atom is -0.396 e. The van der Waals surface area contributed by atoms with Gasteiger partial charge >= 0.3 is 0 Å². The van der Waals surface area contributed by atoms with Crippen LogP contribution in [0.25, 0.3) is 0 Å². The summed E-state index contributed by atoms with van der Waals surface area (Å²) in [6.07, 6.45) is 11.5. The van der Waals surface area contributed by atoms with E-state index in [1.807, 2.05) is 18.7 Å². The lowest BCUT2D eigenvalue weighted by molar-refractivity contribution is 0.243. The summed E-state index contributed by atoms with van der Waals surface area (Å²) in [6, 6.07) is 0. The SMILES string of the molecule is CCC[C@H](CCO)CCCn1ccnc1. The number of nitrogens with zero attached hydrogens (tertiary/aromatic N) is 2. The maximum Gasteiger partial charge on any atom is 0.0945 e. The van der Waals surface area contributed by atoms with Crippen LogP contribution in [0, 0.1) is 5.92 Å². The van der Waals surface area contributed by atoms with Gasteiger partial charge in [-0.3, -0.25) is 0 Å². The molecule has 0 aromatic carbocycles. The first-order valence-corrected chi connectivity index (χ1v) is 5.93. The Labute approximate surface area is 92.1 Å². The first kappa shape index (κ1) is 12.2. The molecule has 0 spiro atoms. The minimum atomic E-state index is 0.329. The quantitative estimate of drug-likeness (QED) is 0.715. The second kappa shape index (κ2) is 7.46. The molecule has 1 N–H and O–H groups in total. The fourth-order valence-corrected chi connectivity index (χ4v) is 2.01. The molecule has 0 fully saturated rings. The van der Waals surface area contributed by atoms with Crippen molar-refractivity contribution in [2.24, 2.45) is 5.92 Å². The Kier molecular flexibility index (Phi) is 6.09. The van der Waals surface area contributed by atoms with Gasteiger partial charge in [0.25, 0.3) is 0 Å². The first-order valence-electron chi connectivity index (χ1n) is 5.93. The van der Waals surface area contributed by atoms with Crippen molar-refractivity contribution in [3.8, 4) is 0 Å². The second-order valence-corrected chi connectivity index (χ2v) is 4.11. The lowest BCUT2D eigenvalue weighted by atomic mass is 9.95. The fraction of sp³-hybridized carbons (Fsp3) is 0.750. The van der Waals surface area contributed by atoms with E-state index in [2.05, 4.69) is 16.5 Å². The zero-order valence-corrected chi connectivity index (χ0v) is 9.60. The zero-order chi connectivity index (χ0) is 10.9. The highest BCUT2D eigenvalue weighted by Gasteiger charge is 2.06. The van der Waals surface area contributed by atoms with Crippen LogP contribution in [0.4, 0.5) is 0 Å². The van der Waals surface area contributed by atoms with Crippen LogP contribution in [-0.2, 0) is 6.54 Å². The maximum atomic E-state index is 8.93. The standard InChI is InChI=1S/C12H22N2O/c1-2-4-12(6-10-15)5-3-8-14-9-7-13-11-14/h7,9,11-12,15H,2-6,8,10H2,1H3/t12-/m0/s1. The van der Waals surface area contributed by atoms with Gasteiger partial charge in [0.1, 0.15) is 0 Å². The highest BCUT2D eigenvalue weighted by atomic mass is 16.3. The largest absolute Gasteiger partial charge is 0.396 e. The maximum absolute atomic E-state index is 8.93. The van der Waals surface area contributed by atoms with Gasteiger partial charge in [-0.1, -0.05) is 19.8 Å². The van der Waals surface area contributed by atoms with Crippen molar-refractivity contribution >= 4 is 0 Å². The van der Waals surface area contributed by atoms with E-state index < -0.39 is 0 Å². The first-order chi connectivity index (χ1) is 7.36. The van der Waals surface area contributed by atoms with E-state index in [9.17, 15) is 0 Å². The fourth-order valence-electron chi connectivity index (χ4n) is 2.01. The van der Waals surface area contributed by atoms with Crippen LogP contribution in [0.3, 0.4) is 0 Å². The molecule has 0 aliphatic rings.